The molecule has 0 bridgehead atoms. The molecule has 0 fully saturated rings. The van der Waals surface area contributed by atoms with Crippen molar-refractivity contribution >= 4 is 27.1 Å². The molecule has 0 spiro atoms. The SMILES string of the molecule is CCC(C)NC(=O)c1nnc(S(=O)(=O)C(C)C)s1. The molecule has 6 nitrogen and oxygen atoms in total. The van der Waals surface area contributed by atoms with Crippen molar-refractivity contribution in [3.8, 4) is 0 Å². The number of carbonyl (C=O) groups excluding carboxylic acids is 1. The predicted molar refractivity (Wildman–Crippen MR) is 69.5 cm³/mol. The van der Waals surface area contributed by atoms with E-state index in [0.717, 1.165) is 17.8 Å². The molecule has 0 aromatic carbocycles. The Bertz CT molecular complexity index is 522. The Morgan fingerprint density at radius 1 is 1.33 bits per heavy atom. The van der Waals surface area contributed by atoms with Crippen LogP contribution in [0.4, 0.5) is 0 Å². The number of nitrogens with zero attached hydrogens (tertiary/aromatic N) is 2. The minimum absolute atomic E-state index is 0.0200. The first kappa shape index (κ1) is 15.0. The first-order valence-corrected chi connectivity index (χ1v) is 8.03. The van der Waals surface area contributed by atoms with Crippen LogP contribution in [0.15, 0.2) is 4.34 Å². The quantitative estimate of drug-likeness (QED) is 0.882. The summed E-state index contributed by atoms with van der Waals surface area (Å²) in [5.41, 5.74) is 0. The lowest BCUT2D eigenvalue weighted by molar-refractivity contribution is 0.0938. The molecule has 1 atom stereocenters. The molecule has 1 amide bonds. The average Bonchev–Trinajstić information content (AvgIpc) is 2.78. The zero-order valence-electron chi connectivity index (χ0n) is 10.8. The largest absolute Gasteiger partial charge is 0.347 e. The van der Waals surface area contributed by atoms with Crippen molar-refractivity contribution in [2.75, 3.05) is 0 Å². The van der Waals surface area contributed by atoms with Gasteiger partial charge in [0.05, 0.1) is 5.25 Å². The molecule has 0 aliphatic rings. The molecule has 1 unspecified atom stereocenters. The van der Waals surface area contributed by atoms with Gasteiger partial charge < -0.3 is 5.32 Å². The van der Waals surface area contributed by atoms with Crippen molar-refractivity contribution in [1.82, 2.24) is 15.5 Å². The van der Waals surface area contributed by atoms with Gasteiger partial charge in [0.2, 0.25) is 19.2 Å². The van der Waals surface area contributed by atoms with E-state index in [4.69, 9.17) is 0 Å². The van der Waals surface area contributed by atoms with Gasteiger partial charge in [0.25, 0.3) is 5.91 Å². The second kappa shape index (κ2) is 5.75. The summed E-state index contributed by atoms with van der Waals surface area (Å²) in [6.45, 7) is 6.94. The second-order valence-electron chi connectivity index (χ2n) is 4.25. The van der Waals surface area contributed by atoms with Crippen molar-refractivity contribution in [2.24, 2.45) is 0 Å². The average molecular weight is 291 g/mol. The zero-order valence-corrected chi connectivity index (χ0v) is 12.4. The van der Waals surface area contributed by atoms with Crippen LogP contribution in [0.2, 0.25) is 0 Å². The Kier molecular flexibility index (Phi) is 4.80. The highest BCUT2D eigenvalue weighted by molar-refractivity contribution is 7.93. The van der Waals surface area contributed by atoms with E-state index < -0.39 is 15.1 Å². The molecular formula is C10H17N3O3S2. The monoisotopic (exact) mass is 291 g/mol. The van der Waals surface area contributed by atoms with Crippen molar-refractivity contribution in [3.63, 3.8) is 0 Å². The maximum Gasteiger partial charge on any atom is 0.282 e. The molecule has 1 aromatic heterocycles. The predicted octanol–water partition coefficient (Wildman–Crippen LogP) is 1.25. The van der Waals surface area contributed by atoms with E-state index in [1.165, 1.54) is 0 Å². The number of carbonyl (C=O) groups is 1. The number of aromatic nitrogens is 2. The van der Waals surface area contributed by atoms with E-state index in [-0.39, 0.29) is 21.3 Å². The van der Waals surface area contributed by atoms with Crippen LogP contribution >= 0.6 is 11.3 Å². The summed E-state index contributed by atoms with van der Waals surface area (Å²) >= 11 is 0.807. The van der Waals surface area contributed by atoms with Gasteiger partial charge in [-0.2, -0.15) is 0 Å². The van der Waals surface area contributed by atoms with Crippen LogP contribution in [-0.4, -0.2) is 35.8 Å². The van der Waals surface area contributed by atoms with Gasteiger partial charge in [-0.05, 0) is 27.2 Å². The molecule has 1 rings (SSSR count). The van der Waals surface area contributed by atoms with E-state index in [1.807, 2.05) is 13.8 Å². The summed E-state index contributed by atoms with van der Waals surface area (Å²) in [5.74, 6) is -0.382. The maximum absolute atomic E-state index is 11.8. The standard InChI is InChI=1S/C10H17N3O3S2/c1-5-7(4)11-8(14)9-12-13-10(17-9)18(15,16)6(2)3/h6-7H,5H2,1-4H3,(H,11,14). The van der Waals surface area contributed by atoms with Gasteiger partial charge in [0.15, 0.2) is 0 Å². The van der Waals surface area contributed by atoms with Crippen molar-refractivity contribution in [3.05, 3.63) is 5.01 Å². The molecule has 0 radical (unpaired) electrons. The van der Waals surface area contributed by atoms with Gasteiger partial charge in [0, 0.05) is 6.04 Å². The summed E-state index contributed by atoms with van der Waals surface area (Å²) in [5, 5.41) is 9.43. The summed E-state index contributed by atoms with van der Waals surface area (Å²) in [7, 11) is -3.46. The molecule has 1 aromatic rings. The number of rotatable bonds is 5. The molecule has 0 saturated carbocycles. The molecule has 1 N–H and O–H groups in total. The number of hydrogen-bond donors (Lipinski definition) is 1. The van der Waals surface area contributed by atoms with E-state index in [0.29, 0.717) is 0 Å². The van der Waals surface area contributed by atoms with Gasteiger partial charge >= 0.3 is 0 Å². The normalized spacial score (nSPS) is 13.6. The highest BCUT2D eigenvalue weighted by Crippen LogP contribution is 2.20. The molecule has 8 heteroatoms. The first-order valence-electron chi connectivity index (χ1n) is 5.67. The zero-order chi connectivity index (χ0) is 13.9. The molecule has 102 valence electrons. The topological polar surface area (TPSA) is 89.0 Å². The summed E-state index contributed by atoms with van der Waals surface area (Å²) in [4.78, 5) is 11.7. The fourth-order valence-electron chi connectivity index (χ4n) is 1.01. The fourth-order valence-corrected chi connectivity index (χ4v) is 3.32. The minimum atomic E-state index is -3.46. The van der Waals surface area contributed by atoms with E-state index >= 15 is 0 Å². The Morgan fingerprint density at radius 2 is 1.94 bits per heavy atom. The third-order valence-electron chi connectivity index (χ3n) is 2.45. The van der Waals surface area contributed by atoms with Crippen LogP contribution in [-0.2, 0) is 9.84 Å². The summed E-state index contributed by atoms with van der Waals surface area (Å²) in [6.07, 6.45) is 0.793. The van der Waals surface area contributed by atoms with E-state index in [1.54, 1.807) is 13.8 Å². The molecule has 0 aliphatic carbocycles. The van der Waals surface area contributed by atoms with E-state index in [2.05, 4.69) is 15.5 Å². The summed E-state index contributed by atoms with van der Waals surface area (Å²) in [6, 6.07) is 0.0200. The van der Waals surface area contributed by atoms with Gasteiger partial charge in [-0.1, -0.05) is 18.3 Å². The van der Waals surface area contributed by atoms with Crippen LogP contribution in [0.3, 0.4) is 0 Å². The number of hydrogen-bond acceptors (Lipinski definition) is 6. The van der Waals surface area contributed by atoms with Crippen LogP contribution in [0.25, 0.3) is 0 Å². The van der Waals surface area contributed by atoms with Crippen LogP contribution in [0.5, 0.6) is 0 Å². The Labute approximate surface area is 111 Å². The van der Waals surface area contributed by atoms with Gasteiger partial charge in [-0.3, -0.25) is 4.79 Å². The van der Waals surface area contributed by atoms with E-state index in [9.17, 15) is 13.2 Å². The lowest BCUT2D eigenvalue weighted by Gasteiger charge is -2.08. The second-order valence-corrected chi connectivity index (χ2v) is 7.91. The van der Waals surface area contributed by atoms with Crippen LogP contribution in [0.1, 0.15) is 43.9 Å². The van der Waals surface area contributed by atoms with Crippen molar-refractivity contribution < 1.29 is 13.2 Å². The Morgan fingerprint density at radius 3 is 2.44 bits per heavy atom. The lowest BCUT2D eigenvalue weighted by atomic mass is 10.2. The van der Waals surface area contributed by atoms with Crippen molar-refractivity contribution in [2.45, 2.75) is 49.7 Å². The Hall–Kier alpha value is -1.02. The summed E-state index contributed by atoms with van der Waals surface area (Å²) < 4.78 is 23.5. The van der Waals surface area contributed by atoms with Gasteiger partial charge in [0.1, 0.15) is 0 Å². The minimum Gasteiger partial charge on any atom is -0.347 e. The van der Waals surface area contributed by atoms with Gasteiger partial charge in [-0.25, -0.2) is 8.42 Å². The number of nitrogens with one attached hydrogen (secondary N) is 1. The number of amides is 1. The maximum atomic E-state index is 11.8. The fraction of sp³-hybridized carbons (Fsp3) is 0.700. The molecule has 0 aliphatic heterocycles. The van der Waals surface area contributed by atoms with Gasteiger partial charge in [-0.15, -0.1) is 10.2 Å². The van der Waals surface area contributed by atoms with Crippen LogP contribution < -0.4 is 5.32 Å². The highest BCUT2D eigenvalue weighted by Gasteiger charge is 2.26. The molecule has 18 heavy (non-hydrogen) atoms. The third-order valence-corrected chi connectivity index (χ3v) is 5.93. The molecular weight excluding hydrogens is 274 g/mol. The first-order chi connectivity index (χ1) is 8.28. The van der Waals surface area contributed by atoms with Crippen molar-refractivity contribution in [1.29, 1.82) is 0 Å². The highest BCUT2D eigenvalue weighted by atomic mass is 32.2. The smallest absolute Gasteiger partial charge is 0.282 e. The third kappa shape index (κ3) is 3.26. The molecule has 1 heterocycles. The van der Waals surface area contributed by atoms with Crippen LogP contribution in [0, 0.1) is 0 Å². The Balaban J connectivity index is 2.91. The molecule has 0 saturated heterocycles. The number of sulfone groups is 1. The lowest BCUT2D eigenvalue weighted by Crippen LogP contribution is -2.31.